The van der Waals surface area contributed by atoms with E-state index in [2.05, 4.69) is 52.9 Å². The highest BCUT2D eigenvalue weighted by atomic mass is 127. The van der Waals surface area contributed by atoms with Crippen LogP contribution in [-0.4, -0.2) is 7.11 Å². The molecule has 0 bridgehead atoms. The first kappa shape index (κ1) is 8.81. The zero-order valence-corrected chi connectivity index (χ0v) is 9.41. The van der Waals surface area contributed by atoms with Crippen LogP contribution in [-0.2, 0) is 0 Å². The number of ether oxygens (including phenoxy) is 1. The summed E-state index contributed by atoms with van der Waals surface area (Å²) in [5.41, 5.74) is 0. The molecule has 2 aromatic carbocycles. The van der Waals surface area contributed by atoms with Crippen LogP contribution in [0, 0.1) is 3.57 Å². The Morgan fingerprint density at radius 2 is 1.77 bits per heavy atom. The van der Waals surface area contributed by atoms with E-state index in [-0.39, 0.29) is 0 Å². The third-order valence-corrected chi connectivity index (χ3v) is 2.68. The Labute approximate surface area is 90.9 Å². The molecule has 0 aliphatic rings. The van der Waals surface area contributed by atoms with Gasteiger partial charge in [0.15, 0.2) is 0 Å². The van der Waals surface area contributed by atoms with E-state index in [4.69, 9.17) is 4.74 Å². The van der Waals surface area contributed by atoms with Crippen LogP contribution in [0.15, 0.2) is 36.4 Å². The number of methoxy groups -OCH3 is 1. The lowest BCUT2D eigenvalue weighted by atomic mass is 10.1. The SMILES string of the molecule is COc1ccc2ccc(I)cc2c1. The summed E-state index contributed by atoms with van der Waals surface area (Å²) < 4.78 is 6.41. The maximum atomic E-state index is 5.16. The molecule has 0 heterocycles. The summed E-state index contributed by atoms with van der Waals surface area (Å²) in [5, 5.41) is 2.48. The van der Waals surface area contributed by atoms with Gasteiger partial charge < -0.3 is 4.74 Å². The first-order chi connectivity index (χ1) is 6.29. The van der Waals surface area contributed by atoms with Gasteiger partial charge in [-0.3, -0.25) is 0 Å². The summed E-state index contributed by atoms with van der Waals surface area (Å²) in [7, 11) is 1.69. The van der Waals surface area contributed by atoms with Crippen LogP contribution in [0.2, 0.25) is 0 Å². The molecule has 0 aromatic heterocycles. The minimum absolute atomic E-state index is 0.912. The van der Waals surface area contributed by atoms with Gasteiger partial charge in [0.2, 0.25) is 0 Å². The molecule has 0 saturated carbocycles. The smallest absolute Gasteiger partial charge is 0.119 e. The highest BCUT2D eigenvalue weighted by Crippen LogP contribution is 2.22. The van der Waals surface area contributed by atoms with Gasteiger partial charge in [-0.15, -0.1) is 0 Å². The molecule has 0 spiro atoms. The molecular formula is C11H9IO. The molecule has 2 heteroatoms. The van der Waals surface area contributed by atoms with Crippen LogP contribution in [0.25, 0.3) is 10.8 Å². The van der Waals surface area contributed by atoms with Crippen molar-refractivity contribution in [2.45, 2.75) is 0 Å². The van der Waals surface area contributed by atoms with Gasteiger partial charge in [0, 0.05) is 3.57 Å². The van der Waals surface area contributed by atoms with E-state index in [0.29, 0.717) is 0 Å². The molecule has 2 aromatic rings. The second-order valence-corrected chi connectivity index (χ2v) is 4.10. The Morgan fingerprint density at radius 1 is 1.00 bits per heavy atom. The Hall–Kier alpha value is -0.770. The predicted octanol–water partition coefficient (Wildman–Crippen LogP) is 3.45. The monoisotopic (exact) mass is 284 g/mol. The molecule has 0 atom stereocenters. The lowest BCUT2D eigenvalue weighted by molar-refractivity contribution is 0.415. The van der Waals surface area contributed by atoms with Crippen LogP contribution >= 0.6 is 22.6 Å². The predicted molar refractivity (Wildman–Crippen MR) is 63.2 cm³/mol. The lowest BCUT2D eigenvalue weighted by Gasteiger charge is -2.02. The van der Waals surface area contributed by atoms with Crippen molar-refractivity contribution in [2.24, 2.45) is 0 Å². The van der Waals surface area contributed by atoms with E-state index in [1.54, 1.807) is 7.11 Å². The van der Waals surface area contributed by atoms with Gasteiger partial charge >= 0.3 is 0 Å². The van der Waals surface area contributed by atoms with Crippen molar-refractivity contribution in [3.63, 3.8) is 0 Å². The molecule has 0 N–H and O–H groups in total. The highest BCUT2D eigenvalue weighted by molar-refractivity contribution is 14.1. The lowest BCUT2D eigenvalue weighted by Crippen LogP contribution is -1.82. The van der Waals surface area contributed by atoms with Gasteiger partial charge in [-0.2, -0.15) is 0 Å². The number of benzene rings is 2. The molecule has 0 unspecified atom stereocenters. The second-order valence-electron chi connectivity index (χ2n) is 2.86. The number of fused-ring (bicyclic) bond motifs is 1. The van der Waals surface area contributed by atoms with Gasteiger partial charge in [-0.1, -0.05) is 12.1 Å². The van der Waals surface area contributed by atoms with Gasteiger partial charge in [-0.25, -0.2) is 0 Å². The van der Waals surface area contributed by atoms with Crippen LogP contribution in [0.1, 0.15) is 0 Å². The summed E-state index contributed by atoms with van der Waals surface area (Å²) in [6.45, 7) is 0. The highest BCUT2D eigenvalue weighted by Gasteiger charge is 1.96. The van der Waals surface area contributed by atoms with Crippen molar-refractivity contribution in [3.8, 4) is 5.75 Å². The Kier molecular flexibility index (Phi) is 2.40. The molecule has 13 heavy (non-hydrogen) atoms. The normalized spacial score (nSPS) is 10.3. The van der Waals surface area contributed by atoms with E-state index in [1.165, 1.54) is 14.3 Å². The van der Waals surface area contributed by atoms with Crippen molar-refractivity contribution in [2.75, 3.05) is 7.11 Å². The molecule has 0 aliphatic carbocycles. The Balaban J connectivity index is 2.68. The van der Waals surface area contributed by atoms with Gasteiger partial charge in [0.05, 0.1) is 7.11 Å². The quantitative estimate of drug-likeness (QED) is 0.729. The zero-order chi connectivity index (χ0) is 9.26. The molecule has 0 radical (unpaired) electrons. The molecule has 0 aliphatic heterocycles. The average Bonchev–Trinajstić information content (AvgIpc) is 2.16. The first-order valence-corrected chi connectivity index (χ1v) is 5.11. The van der Waals surface area contributed by atoms with Gasteiger partial charge in [0.25, 0.3) is 0 Å². The number of hydrogen-bond donors (Lipinski definition) is 0. The number of rotatable bonds is 1. The molecule has 0 saturated heterocycles. The third-order valence-electron chi connectivity index (χ3n) is 2.01. The fourth-order valence-electron chi connectivity index (χ4n) is 1.32. The molecule has 66 valence electrons. The molecular weight excluding hydrogens is 275 g/mol. The van der Waals surface area contributed by atoms with Crippen molar-refractivity contribution in [1.82, 2.24) is 0 Å². The molecule has 0 amide bonds. The summed E-state index contributed by atoms with van der Waals surface area (Å²) in [6, 6.07) is 12.5. The van der Waals surface area contributed by atoms with E-state index in [0.717, 1.165) is 5.75 Å². The Morgan fingerprint density at radius 3 is 2.54 bits per heavy atom. The third kappa shape index (κ3) is 1.77. The largest absolute Gasteiger partial charge is 0.497 e. The maximum Gasteiger partial charge on any atom is 0.119 e. The van der Waals surface area contributed by atoms with Gasteiger partial charge in [0.1, 0.15) is 5.75 Å². The minimum Gasteiger partial charge on any atom is -0.497 e. The first-order valence-electron chi connectivity index (χ1n) is 4.03. The van der Waals surface area contributed by atoms with Gasteiger partial charge in [-0.05, 0) is 57.6 Å². The van der Waals surface area contributed by atoms with Crippen molar-refractivity contribution in [1.29, 1.82) is 0 Å². The standard InChI is InChI=1S/C11H9IO/c1-13-11-5-3-8-2-4-10(12)6-9(8)7-11/h2-7H,1H3. The van der Waals surface area contributed by atoms with E-state index in [1.807, 2.05) is 6.07 Å². The average molecular weight is 284 g/mol. The topological polar surface area (TPSA) is 9.23 Å². The summed E-state index contributed by atoms with van der Waals surface area (Å²) in [5.74, 6) is 0.912. The maximum absolute atomic E-state index is 5.16. The summed E-state index contributed by atoms with van der Waals surface area (Å²) in [6.07, 6.45) is 0. The zero-order valence-electron chi connectivity index (χ0n) is 7.25. The van der Waals surface area contributed by atoms with Crippen LogP contribution in [0.3, 0.4) is 0 Å². The van der Waals surface area contributed by atoms with Crippen LogP contribution in [0.4, 0.5) is 0 Å². The fraction of sp³-hybridized carbons (Fsp3) is 0.0909. The number of halogens is 1. The van der Waals surface area contributed by atoms with Crippen LogP contribution in [0.5, 0.6) is 5.75 Å². The minimum atomic E-state index is 0.912. The molecule has 2 rings (SSSR count). The van der Waals surface area contributed by atoms with E-state index < -0.39 is 0 Å². The van der Waals surface area contributed by atoms with E-state index in [9.17, 15) is 0 Å². The second kappa shape index (κ2) is 3.54. The van der Waals surface area contributed by atoms with Crippen molar-refractivity contribution < 1.29 is 4.74 Å². The van der Waals surface area contributed by atoms with E-state index >= 15 is 0 Å². The molecule has 0 fully saturated rings. The summed E-state index contributed by atoms with van der Waals surface area (Å²) >= 11 is 2.31. The van der Waals surface area contributed by atoms with Crippen molar-refractivity contribution >= 4 is 33.4 Å². The summed E-state index contributed by atoms with van der Waals surface area (Å²) in [4.78, 5) is 0. The molecule has 1 nitrogen and oxygen atoms in total. The Bertz CT molecular complexity index is 437. The number of hydrogen-bond acceptors (Lipinski definition) is 1. The van der Waals surface area contributed by atoms with Crippen LogP contribution < -0.4 is 4.74 Å². The van der Waals surface area contributed by atoms with Crippen molar-refractivity contribution in [3.05, 3.63) is 40.0 Å². The fourth-order valence-corrected chi connectivity index (χ4v) is 1.84.